The topological polar surface area (TPSA) is 70.6 Å². The second-order valence-electron chi connectivity index (χ2n) is 5.10. The molecular formula is C16H26N2O3. The largest absolute Gasteiger partial charge is 0.496 e. The Morgan fingerprint density at radius 1 is 1.24 bits per heavy atom. The van der Waals surface area contributed by atoms with E-state index in [2.05, 4.69) is 10.6 Å². The van der Waals surface area contributed by atoms with Gasteiger partial charge in [0.2, 0.25) is 0 Å². The smallest absolute Gasteiger partial charge is 0.314 e. The summed E-state index contributed by atoms with van der Waals surface area (Å²) in [5, 5.41) is 15.6. The Morgan fingerprint density at radius 3 is 2.52 bits per heavy atom. The molecule has 118 valence electrons. The first-order chi connectivity index (χ1) is 10.0. The van der Waals surface area contributed by atoms with Crippen LogP contribution in [0.2, 0.25) is 0 Å². The van der Waals surface area contributed by atoms with Gasteiger partial charge in [-0.15, -0.1) is 0 Å². The van der Waals surface area contributed by atoms with Gasteiger partial charge in [-0.05, 0) is 30.9 Å². The number of aliphatic hydroxyl groups is 1. The van der Waals surface area contributed by atoms with Crippen LogP contribution < -0.4 is 15.4 Å². The molecule has 0 aliphatic heterocycles. The minimum atomic E-state index is -0.819. The van der Waals surface area contributed by atoms with Crippen molar-refractivity contribution in [2.45, 2.75) is 38.7 Å². The second kappa shape index (κ2) is 8.52. The van der Waals surface area contributed by atoms with Gasteiger partial charge in [0, 0.05) is 13.1 Å². The molecule has 0 bridgehead atoms. The molecule has 0 aromatic heterocycles. The SMILES string of the molecule is CCC(O)(CC)CNC(=O)NCCc1ccccc1OC. The van der Waals surface area contributed by atoms with Crippen molar-refractivity contribution in [1.82, 2.24) is 10.6 Å². The van der Waals surface area contributed by atoms with E-state index in [0.717, 1.165) is 11.3 Å². The molecule has 0 saturated carbocycles. The van der Waals surface area contributed by atoms with E-state index in [9.17, 15) is 9.90 Å². The molecule has 5 heteroatoms. The average molecular weight is 294 g/mol. The van der Waals surface area contributed by atoms with E-state index < -0.39 is 5.60 Å². The Hall–Kier alpha value is -1.75. The zero-order valence-electron chi connectivity index (χ0n) is 13.1. The summed E-state index contributed by atoms with van der Waals surface area (Å²) < 4.78 is 5.26. The molecule has 21 heavy (non-hydrogen) atoms. The molecule has 0 aliphatic carbocycles. The summed E-state index contributed by atoms with van der Waals surface area (Å²) in [6, 6.07) is 7.48. The Kier molecular flexibility index (Phi) is 7.02. The van der Waals surface area contributed by atoms with Crippen molar-refractivity contribution in [3.63, 3.8) is 0 Å². The summed E-state index contributed by atoms with van der Waals surface area (Å²) in [4.78, 5) is 11.7. The van der Waals surface area contributed by atoms with Crippen molar-refractivity contribution in [3.8, 4) is 5.75 Å². The van der Waals surface area contributed by atoms with Crippen molar-refractivity contribution in [3.05, 3.63) is 29.8 Å². The number of hydrogen-bond acceptors (Lipinski definition) is 3. The third-order valence-electron chi connectivity index (χ3n) is 3.77. The lowest BCUT2D eigenvalue weighted by Gasteiger charge is -2.25. The summed E-state index contributed by atoms with van der Waals surface area (Å²) in [5.74, 6) is 0.825. The molecule has 3 N–H and O–H groups in total. The standard InChI is InChI=1S/C16H26N2O3/c1-4-16(20,5-2)12-18-15(19)17-11-10-13-8-6-7-9-14(13)21-3/h6-9,20H,4-5,10-12H2,1-3H3,(H2,17,18,19). The maximum absolute atomic E-state index is 11.7. The van der Waals surface area contributed by atoms with E-state index in [1.54, 1.807) is 7.11 Å². The molecule has 1 rings (SSSR count). The molecule has 0 spiro atoms. The number of ether oxygens (including phenoxy) is 1. The van der Waals surface area contributed by atoms with Crippen LogP contribution in [0.1, 0.15) is 32.3 Å². The van der Waals surface area contributed by atoms with Crippen LogP contribution in [0.25, 0.3) is 0 Å². The summed E-state index contributed by atoms with van der Waals surface area (Å²) >= 11 is 0. The normalized spacial score (nSPS) is 11.0. The van der Waals surface area contributed by atoms with Crippen LogP contribution in [0.3, 0.4) is 0 Å². The summed E-state index contributed by atoms with van der Waals surface area (Å²) in [5.41, 5.74) is 0.235. The molecule has 0 radical (unpaired) electrons. The second-order valence-corrected chi connectivity index (χ2v) is 5.10. The highest BCUT2D eigenvalue weighted by Crippen LogP contribution is 2.17. The van der Waals surface area contributed by atoms with Gasteiger partial charge in [0.15, 0.2) is 0 Å². The molecule has 0 fully saturated rings. The van der Waals surface area contributed by atoms with Crippen molar-refractivity contribution < 1.29 is 14.6 Å². The van der Waals surface area contributed by atoms with Gasteiger partial charge >= 0.3 is 6.03 Å². The van der Waals surface area contributed by atoms with Gasteiger partial charge < -0.3 is 20.5 Å². The zero-order chi connectivity index (χ0) is 15.7. The first-order valence-electron chi connectivity index (χ1n) is 7.40. The molecule has 2 amide bonds. The van der Waals surface area contributed by atoms with E-state index in [-0.39, 0.29) is 12.6 Å². The quantitative estimate of drug-likeness (QED) is 0.687. The molecule has 0 aliphatic rings. The highest BCUT2D eigenvalue weighted by Gasteiger charge is 2.22. The number of nitrogens with one attached hydrogen (secondary N) is 2. The van der Waals surface area contributed by atoms with Crippen molar-refractivity contribution in [1.29, 1.82) is 0 Å². The third kappa shape index (κ3) is 5.63. The van der Waals surface area contributed by atoms with Gasteiger partial charge in [-0.3, -0.25) is 0 Å². The van der Waals surface area contributed by atoms with Gasteiger partial charge in [0.25, 0.3) is 0 Å². The van der Waals surface area contributed by atoms with Crippen LogP contribution in [-0.2, 0) is 6.42 Å². The van der Waals surface area contributed by atoms with E-state index in [4.69, 9.17) is 4.74 Å². The Balaban J connectivity index is 2.34. The number of hydrogen-bond donors (Lipinski definition) is 3. The maximum Gasteiger partial charge on any atom is 0.314 e. The minimum absolute atomic E-state index is 0.259. The summed E-state index contributed by atoms with van der Waals surface area (Å²) in [6.45, 7) is 4.60. The van der Waals surface area contributed by atoms with Crippen LogP contribution in [0, 0.1) is 0 Å². The van der Waals surface area contributed by atoms with E-state index in [1.807, 2.05) is 38.1 Å². The van der Waals surface area contributed by atoms with E-state index >= 15 is 0 Å². The van der Waals surface area contributed by atoms with E-state index in [0.29, 0.717) is 25.8 Å². The van der Waals surface area contributed by atoms with Crippen molar-refractivity contribution in [2.75, 3.05) is 20.2 Å². The fourth-order valence-corrected chi connectivity index (χ4v) is 2.03. The number of urea groups is 1. The average Bonchev–Trinajstić information content (AvgIpc) is 2.53. The molecule has 0 saturated heterocycles. The van der Waals surface area contributed by atoms with Gasteiger partial charge in [0.1, 0.15) is 5.75 Å². The molecular weight excluding hydrogens is 268 g/mol. The van der Waals surface area contributed by atoms with Crippen molar-refractivity contribution >= 4 is 6.03 Å². The minimum Gasteiger partial charge on any atom is -0.496 e. The zero-order valence-corrected chi connectivity index (χ0v) is 13.1. The molecule has 1 aromatic carbocycles. The Bertz CT molecular complexity index is 445. The molecule has 5 nitrogen and oxygen atoms in total. The number of amides is 2. The van der Waals surface area contributed by atoms with E-state index in [1.165, 1.54) is 0 Å². The summed E-state index contributed by atoms with van der Waals surface area (Å²) in [6.07, 6.45) is 1.93. The number of rotatable bonds is 8. The predicted octanol–water partition coefficient (Wildman–Crippen LogP) is 2.09. The van der Waals surface area contributed by atoms with Crippen LogP contribution in [0.4, 0.5) is 4.79 Å². The highest BCUT2D eigenvalue weighted by molar-refractivity contribution is 5.73. The third-order valence-corrected chi connectivity index (χ3v) is 3.77. The van der Waals surface area contributed by atoms with Crippen LogP contribution in [-0.4, -0.2) is 36.9 Å². The molecule has 1 aromatic rings. The monoisotopic (exact) mass is 294 g/mol. The number of benzene rings is 1. The fraction of sp³-hybridized carbons (Fsp3) is 0.562. The number of para-hydroxylation sites is 1. The van der Waals surface area contributed by atoms with Crippen LogP contribution in [0.15, 0.2) is 24.3 Å². The first kappa shape index (κ1) is 17.3. The summed E-state index contributed by atoms with van der Waals surface area (Å²) in [7, 11) is 1.63. The van der Waals surface area contributed by atoms with Crippen LogP contribution >= 0.6 is 0 Å². The number of carbonyl (C=O) groups excluding carboxylic acids is 1. The van der Waals surface area contributed by atoms with Crippen LogP contribution in [0.5, 0.6) is 5.75 Å². The number of carbonyl (C=O) groups is 1. The lowest BCUT2D eigenvalue weighted by atomic mass is 9.98. The first-order valence-corrected chi connectivity index (χ1v) is 7.40. The maximum atomic E-state index is 11.7. The molecule has 0 heterocycles. The van der Waals surface area contributed by atoms with Gasteiger partial charge in [-0.1, -0.05) is 32.0 Å². The van der Waals surface area contributed by atoms with Crippen molar-refractivity contribution in [2.24, 2.45) is 0 Å². The number of methoxy groups -OCH3 is 1. The Labute approximate surface area is 126 Å². The highest BCUT2D eigenvalue weighted by atomic mass is 16.5. The van der Waals surface area contributed by atoms with Gasteiger partial charge in [-0.2, -0.15) is 0 Å². The fourth-order valence-electron chi connectivity index (χ4n) is 2.03. The predicted molar refractivity (Wildman–Crippen MR) is 83.6 cm³/mol. The van der Waals surface area contributed by atoms with Gasteiger partial charge in [-0.25, -0.2) is 4.79 Å². The molecule has 0 unspecified atom stereocenters. The Morgan fingerprint density at radius 2 is 1.90 bits per heavy atom. The molecule has 0 atom stereocenters. The lowest BCUT2D eigenvalue weighted by molar-refractivity contribution is 0.0349. The lowest BCUT2D eigenvalue weighted by Crippen LogP contribution is -2.46. The van der Waals surface area contributed by atoms with Gasteiger partial charge in [0.05, 0.1) is 12.7 Å².